The zero-order valence-corrected chi connectivity index (χ0v) is 20.1. The number of aromatic nitrogens is 2. The van der Waals surface area contributed by atoms with Crippen molar-refractivity contribution in [2.24, 2.45) is 0 Å². The highest BCUT2D eigenvalue weighted by atomic mass is 32.2. The monoisotopic (exact) mass is 498 g/mol. The Morgan fingerprint density at radius 1 is 1.09 bits per heavy atom. The number of nitrogens with one attached hydrogen (secondary N) is 4. The summed E-state index contributed by atoms with van der Waals surface area (Å²) >= 11 is 0. The molecule has 35 heavy (non-hydrogen) atoms. The molecule has 0 unspecified atom stereocenters. The fourth-order valence-electron chi connectivity index (χ4n) is 3.90. The van der Waals surface area contributed by atoms with Gasteiger partial charge in [0.1, 0.15) is 0 Å². The van der Waals surface area contributed by atoms with Crippen LogP contribution < -0.4 is 16.0 Å². The lowest BCUT2D eigenvalue weighted by atomic mass is 10.1. The predicted octanol–water partition coefficient (Wildman–Crippen LogP) is 1.69. The zero-order chi connectivity index (χ0) is 24.7. The number of piperazine rings is 1. The van der Waals surface area contributed by atoms with Gasteiger partial charge in [-0.2, -0.15) is 0 Å². The van der Waals surface area contributed by atoms with Crippen molar-refractivity contribution in [3.63, 3.8) is 0 Å². The maximum Gasteiger partial charge on any atom is 0.256 e. The van der Waals surface area contributed by atoms with Crippen molar-refractivity contribution in [3.8, 4) is 0 Å². The number of imidazole rings is 1. The van der Waals surface area contributed by atoms with E-state index in [0.717, 1.165) is 5.56 Å². The lowest BCUT2D eigenvalue weighted by molar-refractivity contribution is 0.0736. The van der Waals surface area contributed by atoms with Crippen LogP contribution in [-0.4, -0.2) is 73.6 Å². The van der Waals surface area contributed by atoms with E-state index in [4.69, 9.17) is 0 Å². The third-order valence-electron chi connectivity index (χ3n) is 5.75. The van der Waals surface area contributed by atoms with Crippen molar-refractivity contribution in [1.82, 2.24) is 20.2 Å². The van der Waals surface area contributed by atoms with E-state index < -0.39 is 9.84 Å². The van der Waals surface area contributed by atoms with Crippen molar-refractivity contribution >= 4 is 27.1 Å². The van der Waals surface area contributed by atoms with Gasteiger partial charge in [-0.25, -0.2) is 13.4 Å². The van der Waals surface area contributed by atoms with Crippen molar-refractivity contribution in [2.45, 2.75) is 23.0 Å². The fraction of sp³-hybridized carbons (Fsp3) is 0.333. The molecule has 11 heteroatoms. The largest absolute Gasteiger partial charge is 0.396 e. The first kappa shape index (κ1) is 24.7. The Kier molecular flexibility index (Phi) is 8.01. The number of hydrogen-bond acceptors (Lipinski definition) is 8. The van der Waals surface area contributed by atoms with Crippen molar-refractivity contribution in [2.75, 3.05) is 50.0 Å². The SMILES string of the molecule is O=C(c1cc(S(=O)(=O)c2ncc[nH]2)c(NCCCO)cc1NCc1ccccc1)N1CCNCC1. The summed E-state index contributed by atoms with van der Waals surface area (Å²) in [6.07, 6.45) is 3.25. The Balaban J connectivity index is 1.79. The van der Waals surface area contributed by atoms with E-state index in [9.17, 15) is 18.3 Å². The Labute approximate surface area is 204 Å². The molecule has 0 bridgehead atoms. The summed E-state index contributed by atoms with van der Waals surface area (Å²) in [6, 6.07) is 12.8. The maximum absolute atomic E-state index is 13.6. The maximum atomic E-state index is 13.6. The Bertz CT molecular complexity index is 1230. The van der Waals surface area contributed by atoms with Crippen LogP contribution in [0.1, 0.15) is 22.3 Å². The van der Waals surface area contributed by atoms with E-state index in [0.29, 0.717) is 57.1 Å². The highest BCUT2D eigenvalue weighted by Crippen LogP contribution is 2.33. The van der Waals surface area contributed by atoms with Crippen molar-refractivity contribution in [1.29, 1.82) is 0 Å². The van der Waals surface area contributed by atoms with E-state index >= 15 is 0 Å². The molecule has 2 heterocycles. The molecule has 1 aliphatic heterocycles. The highest BCUT2D eigenvalue weighted by Gasteiger charge is 2.29. The van der Waals surface area contributed by atoms with E-state index in [2.05, 4.69) is 25.9 Å². The number of aliphatic hydroxyl groups is 1. The van der Waals surface area contributed by atoms with Crippen LogP contribution in [0.3, 0.4) is 0 Å². The second kappa shape index (κ2) is 11.3. The van der Waals surface area contributed by atoms with Crippen LogP contribution in [-0.2, 0) is 16.4 Å². The normalized spacial score (nSPS) is 14.0. The van der Waals surface area contributed by atoms with Gasteiger partial charge >= 0.3 is 0 Å². The number of hydrogen-bond donors (Lipinski definition) is 5. The number of carbonyl (C=O) groups excluding carboxylic acids is 1. The van der Waals surface area contributed by atoms with Crippen molar-refractivity contribution < 1.29 is 18.3 Å². The standard InChI is InChI=1S/C24H30N6O4S/c31-14-4-7-26-21-16-20(29-17-18-5-2-1-3-6-18)19(23(32)30-12-10-25-11-13-30)15-22(21)35(33,34)24-27-8-9-28-24/h1-3,5-6,8-9,15-16,25-26,29,31H,4,7,10-14,17H2,(H,27,28). The second-order valence-corrected chi connectivity index (χ2v) is 10.0. The molecule has 0 atom stereocenters. The van der Waals surface area contributed by atoms with Gasteiger partial charge < -0.3 is 30.9 Å². The number of amides is 1. The zero-order valence-electron chi connectivity index (χ0n) is 19.3. The minimum atomic E-state index is -4.04. The molecule has 0 saturated carbocycles. The molecule has 0 radical (unpaired) electrons. The van der Waals surface area contributed by atoms with Crippen LogP contribution in [0.25, 0.3) is 0 Å². The lowest BCUT2D eigenvalue weighted by Crippen LogP contribution is -2.46. The predicted molar refractivity (Wildman–Crippen MR) is 133 cm³/mol. The van der Waals surface area contributed by atoms with Gasteiger partial charge in [0.2, 0.25) is 15.0 Å². The first-order valence-corrected chi connectivity index (χ1v) is 13.0. The van der Waals surface area contributed by atoms with Crippen LogP contribution in [0.15, 0.2) is 64.9 Å². The molecule has 1 fully saturated rings. The molecule has 5 N–H and O–H groups in total. The second-order valence-electron chi connectivity index (χ2n) is 8.18. The molecular weight excluding hydrogens is 468 g/mol. The summed E-state index contributed by atoms with van der Waals surface area (Å²) in [5.41, 5.74) is 2.17. The van der Waals surface area contributed by atoms with Crippen molar-refractivity contribution in [3.05, 3.63) is 66.0 Å². The highest BCUT2D eigenvalue weighted by molar-refractivity contribution is 7.91. The molecule has 1 aromatic heterocycles. The minimum absolute atomic E-state index is 0.0358. The molecule has 2 aromatic carbocycles. The summed E-state index contributed by atoms with van der Waals surface area (Å²) < 4.78 is 26.9. The molecule has 1 aliphatic rings. The summed E-state index contributed by atoms with van der Waals surface area (Å²) in [5.74, 6) is -0.236. The number of aromatic amines is 1. The first-order valence-electron chi connectivity index (χ1n) is 11.6. The van der Waals surface area contributed by atoms with E-state index in [1.54, 1.807) is 11.0 Å². The number of benzene rings is 2. The number of carbonyl (C=O) groups is 1. The van der Waals surface area contributed by atoms with Gasteiger partial charge in [0.15, 0.2) is 0 Å². The average Bonchev–Trinajstić information content (AvgIpc) is 3.44. The van der Waals surface area contributed by atoms with Crippen LogP contribution in [0.4, 0.5) is 11.4 Å². The van der Waals surface area contributed by atoms with E-state index in [1.165, 1.54) is 18.5 Å². The van der Waals surface area contributed by atoms with Crippen LogP contribution in [0.5, 0.6) is 0 Å². The summed E-state index contributed by atoms with van der Waals surface area (Å²) in [5, 5.41) is 18.7. The smallest absolute Gasteiger partial charge is 0.256 e. The summed E-state index contributed by atoms with van der Waals surface area (Å²) in [7, 11) is -4.04. The molecule has 186 valence electrons. The third-order valence-corrected chi connectivity index (χ3v) is 7.40. The van der Waals surface area contributed by atoms with Crippen LogP contribution in [0.2, 0.25) is 0 Å². The number of H-pyrrole nitrogens is 1. The topological polar surface area (TPSA) is 139 Å². The number of anilines is 2. The Morgan fingerprint density at radius 2 is 1.86 bits per heavy atom. The van der Waals surface area contributed by atoms with Crippen LogP contribution >= 0.6 is 0 Å². The van der Waals surface area contributed by atoms with Gasteiger partial charge in [0.05, 0.1) is 16.1 Å². The van der Waals surface area contributed by atoms with Gasteiger partial charge in [-0.05, 0) is 24.1 Å². The number of aliphatic hydroxyl groups excluding tert-OH is 1. The van der Waals surface area contributed by atoms with Gasteiger partial charge in [-0.15, -0.1) is 0 Å². The molecule has 1 amide bonds. The quantitative estimate of drug-likeness (QED) is 0.266. The van der Waals surface area contributed by atoms with E-state index in [-0.39, 0.29) is 28.1 Å². The minimum Gasteiger partial charge on any atom is -0.396 e. The van der Waals surface area contributed by atoms with Gasteiger partial charge in [-0.3, -0.25) is 4.79 Å². The number of rotatable bonds is 10. The molecular formula is C24H30N6O4S. The number of nitrogens with zero attached hydrogens (tertiary/aromatic N) is 2. The molecule has 4 rings (SSSR count). The third kappa shape index (κ3) is 5.81. The Morgan fingerprint density at radius 3 is 2.54 bits per heavy atom. The lowest BCUT2D eigenvalue weighted by Gasteiger charge is -2.29. The van der Waals surface area contributed by atoms with Crippen LogP contribution in [0, 0.1) is 0 Å². The van der Waals surface area contributed by atoms with Gasteiger partial charge in [0.25, 0.3) is 5.91 Å². The van der Waals surface area contributed by atoms with E-state index in [1.807, 2.05) is 30.3 Å². The van der Waals surface area contributed by atoms with Gasteiger partial charge in [0, 0.05) is 64.0 Å². The molecule has 0 spiro atoms. The Hall–Kier alpha value is -3.41. The molecule has 0 aliphatic carbocycles. The molecule has 10 nitrogen and oxygen atoms in total. The number of sulfone groups is 1. The summed E-state index contributed by atoms with van der Waals surface area (Å²) in [6.45, 7) is 3.21. The van der Waals surface area contributed by atoms with Gasteiger partial charge in [-0.1, -0.05) is 30.3 Å². The fourth-order valence-corrected chi connectivity index (χ4v) is 5.22. The molecule has 3 aromatic rings. The molecule has 1 saturated heterocycles. The first-order chi connectivity index (χ1) is 17.0. The summed E-state index contributed by atoms with van der Waals surface area (Å²) in [4.78, 5) is 21.8. The average molecular weight is 499 g/mol.